The molecule has 5 heteroatoms. The van der Waals surface area contributed by atoms with E-state index >= 15 is 0 Å². The van der Waals surface area contributed by atoms with E-state index in [1.54, 1.807) is 0 Å². The first-order chi connectivity index (χ1) is 10.2. The van der Waals surface area contributed by atoms with Crippen LogP contribution in [0.25, 0.3) is 0 Å². The predicted octanol–water partition coefficient (Wildman–Crippen LogP) is 3.11. The Balaban J connectivity index is 1.64. The quantitative estimate of drug-likeness (QED) is 0.901. The highest BCUT2D eigenvalue weighted by molar-refractivity contribution is 7.99. The third-order valence-corrected chi connectivity index (χ3v) is 5.34. The molecule has 0 bridgehead atoms. The van der Waals surface area contributed by atoms with E-state index in [2.05, 4.69) is 16.7 Å². The maximum Gasteiger partial charge on any atom is 0.221 e. The maximum absolute atomic E-state index is 11.1. The molecule has 1 spiro atoms. The van der Waals surface area contributed by atoms with Gasteiger partial charge in [-0.2, -0.15) is 11.8 Å². The minimum absolute atomic E-state index is 0.0415. The molecular weight excluding hydrogens is 284 g/mol. The van der Waals surface area contributed by atoms with Gasteiger partial charge in [-0.3, -0.25) is 4.79 Å². The Labute approximate surface area is 130 Å². The van der Waals surface area contributed by atoms with Crippen molar-refractivity contribution in [3.05, 3.63) is 24.3 Å². The van der Waals surface area contributed by atoms with Crippen molar-refractivity contribution in [1.82, 2.24) is 0 Å². The summed E-state index contributed by atoms with van der Waals surface area (Å²) in [7, 11) is 0. The van der Waals surface area contributed by atoms with Gasteiger partial charge in [-0.1, -0.05) is 6.07 Å². The number of ether oxygens (including phenoxy) is 1. The summed E-state index contributed by atoms with van der Waals surface area (Å²) in [5, 5.41) is 6.43. The summed E-state index contributed by atoms with van der Waals surface area (Å²) in [6, 6.07) is 8.37. The van der Waals surface area contributed by atoms with Crippen molar-refractivity contribution >= 4 is 29.0 Å². The van der Waals surface area contributed by atoms with Crippen LogP contribution in [0, 0.1) is 0 Å². The average Bonchev–Trinajstić information content (AvgIpc) is 2.86. The van der Waals surface area contributed by atoms with Gasteiger partial charge >= 0.3 is 0 Å². The highest BCUT2D eigenvalue weighted by Crippen LogP contribution is 2.39. The lowest BCUT2D eigenvalue weighted by Gasteiger charge is -2.38. The number of hydrogen-bond acceptors (Lipinski definition) is 4. The van der Waals surface area contributed by atoms with Crippen LogP contribution in [-0.2, 0) is 9.53 Å². The van der Waals surface area contributed by atoms with E-state index in [4.69, 9.17) is 4.74 Å². The normalized spacial score (nSPS) is 28.5. The van der Waals surface area contributed by atoms with E-state index in [-0.39, 0.29) is 11.5 Å². The first-order valence-electron chi connectivity index (χ1n) is 7.51. The minimum atomic E-state index is -0.0415. The number of rotatable bonds is 3. The molecule has 114 valence electrons. The molecule has 0 saturated carbocycles. The molecule has 2 aliphatic rings. The van der Waals surface area contributed by atoms with Gasteiger partial charge in [0.2, 0.25) is 5.91 Å². The van der Waals surface area contributed by atoms with Crippen molar-refractivity contribution in [3.8, 4) is 0 Å². The van der Waals surface area contributed by atoms with E-state index in [9.17, 15) is 4.79 Å². The number of hydrogen-bond donors (Lipinski definition) is 2. The Morgan fingerprint density at radius 3 is 3.05 bits per heavy atom. The van der Waals surface area contributed by atoms with Crippen LogP contribution in [-0.4, -0.2) is 35.7 Å². The van der Waals surface area contributed by atoms with Gasteiger partial charge in [0.15, 0.2) is 0 Å². The second-order valence-electron chi connectivity index (χ2n) is 5.93. The van der Waals surface area contributed by atoms with Gasteiger partial charge in [0.25, 0.3) is 0 Å². The molecule has 21 heavy (non-hydrogen) atoms. The van der Waals surface area contributed by atoms with E-state index in [1.165, 1.54) is 19.1 Å². The van der Waals surface area contributed by atoms with Crippen LogP contribution in [0.3, 0.4) is 0 Å². The van der Waals surface area contributed by atoms with Gasteiger partial charge in [0.05, 0.1) is 5.60 Å². The summed E-state index contributed by atoms with van der Waals surface area (Å²) in [5.74, 6) is 2.29. The number of benzene rings is 1. The van der Waals surface area contributed by atoms with E-state index in [1.807, 2.05) is 30.0 Å². The van der Waals surface area contributed by atoms with Crippen LogP contribution in [0.1, 0.15) is 26.2 Å². The molecule has 3 rings (SSSR count). The molecule has 2 aliphatic heterocycles. The van der Waals surface area contributed by atoms with Crippen LogP contribution < -0.4 is 10.6 Å². The molecular formula is C16H22N2O2S. The lowest BCUT2D eigenvalue weighted by atomic mass is 9.90. The Bertz CT molecular complexity index is 515. The highest BCUT2D eigenvalue weighted by Gasteiger charge is 2.40. The summed E-state index contributed by atoms with van der Waals surface area (Å²) >= 11 is 2.00. The van der Waals surface area contributed by atoms with Gasteiger partial charge in [0.1, 0.15) is 0 Å². The van der Waals surface area contributed by atoms with Crippen molar-refractivity contribution in [2.75, 3.05) is 28.7 Å². The van der Waals surface area contributed by atoms with Crippen LogP contribution in [0.15, 0.2) is 24.3 Å². The Hall–Kier alpha value is -1.20. The number of thioether (sulfide) groups is 1. The van der Waals surface area contributed by atoms with Crippen LogP contribution >= 0.6 is 11.8 Å². The molecule has 2 saturated heterocycles. The topological polar surface area (TPSA) is 50.4 Å². The fourth-order valence-electron chi connectivity index (χ4n) is 3.14. The zero-order chi connectivity index (χ0) is 14.7. The summed E-state index contributed by atoms with van der Waals surface area (Å²) in [6.07, 6.45) is 3.28. The largest absolute Gasteiger partial charge is 0.382 e. The monoisotopic (exact) mass is 306 g/mol. The molecule has 0 aliphatic carbocycles. The smallest absolute Gasteiger partial charge is 0.221 e. The average molecular weight is 306 g/mol. The molecule has 0 radical (unpaired) electrons. The molecule has 2 fully saturated rings. The Morgan fingerprint density at radius 2 is 2.29 bits per heavy atom. The number of carbonyl (C=O) groups is 1. The standard InChI is InChI=1S/C16H22N2O2S/c1-12(19)17-13-3-2-4-14(9-13)18-15-5-7-20-16(10-15)6-8-21-11-16/h2-4,9,15,18H,5-8,10-11H2,1H3,(H,17,19). The second-order valence-corrected chi connectivity index (χ2v) is 7.04. The number of amides is 1. The summed E-state index contributed by atoms with van der Waals surface area (Å²) < 4.78 is 6.05. The minimum Gasteiger partial charge on any atom is -0.382 e. The van der Waals surface area contributed by atoms with Crippen molar-refractivity contribution in [3.63, 3.8) is 0 Å². The van der Waals surface area contributed by atoms with Crippen molar-refractivity contribution < 1.29 is 9.53 Å². The van der Waals surface area contributed by atoms with Crippen molar-refractivity contribution in [1.29, 1.82) is 0 Å². The lowest BCUT2D eigenvalue weighted by molar-refractivity contribution is -0.114. The molecule has 2 N–H and O–H groups in total. The molecule has 1 aromatic rings. The molecule has 4 nitrogen and oxygen atoms in total. The third kappa shape index (κ3) is 3.71. The molecule has 2 atom stereocenters. The fourth-order valence-corrected chi connectivity index (χ4v) is 4.52. The van der Waals surface area contributed by atoms with Gasteiger partial charge in [-0.25, -0.2) is 0 Å². The van der Waals surface area contributed by atoms with Gasteiger partial charge in [0, 0.05) is 36.7 Å². The second kappa shape index (κ2) is 6.28. The summed E-state index contributed by atoms with van der Waals surface area (Å²) in [5.41, 5.74) is 2.00. The zero-order valence-corrected chi connectivity index (χ0v) is 13.2. The van der Waals surface area contributed by atoms with E-state index in [0.717, 1.165) is 36.6 Å². The third-order valence-electron chi connectivity index (χ3n) is 4.11. The Kier molecular flexibility index (Phi) is 4.40. The molecule has 1 amide bonds. The maximum atomic E-state index is 11.1. The SMILES string of the molecule is CC(=O)Nc1cccc(NC2CCOC3(CCSC3)C2)c1. The van der Waals surface area contributed by atoms with Crippen molar-refractivity contribution in [2.24, 2.45) is 0 Å². The van der Waals surface area contributed by atoms with Gasteiger partial charge < -0.3 is 15.4 Å². The molecule has 0 aromatic heterocycles. The number of anilines is 2. The van der Waals surface area contributed by atoms with Crippen molar-refractivity contribution in [2.45, 2.75) is 37.8 Å². The van der Waals surface area contributed by atoms with E-state index in [0.29, 0.717) is 6.04 Å². The summed E-state index contributed by atoms with van der Waals surface area (Å²) in [6.45, 7) is 2.36. The van der Waals surface area contributed by atoms with Gasteiger partial charge in [-0.05, 0) is 43.2 Å². The van der Waals surface area contributed by atoms with Gasteiger partial charge in [-0.15, -0.1) is 0 Å². The molecule has 1 aromatic carbocycles. The number of nitrogens with one attached hydrogen (secondary N) is 2. The lowest BCUT2D eigenvalue weighted by Crippen LogP contribution is -2.44. The van der Waals surface area contributed by atoms with Crippen LogP contribution in [0.5, 0.6) is 0 Å². The fraction of sp³-hybridized carbons (Fsp3) is 0.562. The van der Waals surface area contributed by atoms with Crippen LogP contribution in [0.2, 0.25) is 0 Å². The highest BCUT2D eigenvalue weighted by atomic mass is 32.2. The zero-order valence-electron chi connectivity index (χ0n) is 12.4. The predicted molar refractivity (Wildman–Crippen MR) is 88.0 cm³/mol. The summed E-state index contributed by atoms with van der Waals surface area (Å²) in [4.78, 5) is 11.1. The molecule has 2 unspecified atom stereocenters. The first-order valence-corrected chi connectivity index (χ1v) is 8.67. The Morgan fingerprint density at radius 1 is 1.43 bits per heavy atom. The first kappa shape index (κ1) is 14.7. The molecule has 2 heterocycles. The van der Waals surface area contributed by atoms with E-state index < -0.39 is 0 Å². The van der Waals surface area contributed by atoms with Crippen LogP contribution in [0.4, 0.5) is 11.4 Å². The number of carbonyl (C=O) groups excluding carboxylic acids is 1.